The lowest BCUT2D eigenvalue weighted by molar-refractivity contribution is -0.127. The zero-order chi connectivity index (χ0) is 28.2. The first-order valence-electron chi connectivity index (χ1n) is 13.5. The first kappa shape index (κ1) is 28.0. The fourth-order valence-corrected chi connectivity index (χ4v) is 5.46. The van der Waals surface area contributed by atoms with Crippen LogP contribution in [0.25, 0.3) is 11.3 Å². The van der Waals surface area contributed by atoms with Crippen molar-refractivity contribution >= 4 is 23.4 Å². The van der Waals surface area contributed by atoms with E-state index in [2.05, 4.69) is 10.3 Å². The molecular formula is C30H33ClN4O5. The molecule has 2 N–H and O–H groups in total. The standard InChI is InChI=1S/C30H33ClN4O5/c1-18(20-4-3-5-23(13-20)39-2)33-29(37)26(17-36)35-16-22-7-6-21(14-24(22)30(35)38)28-25(31)15-32-27(34-28)12-19-8-10-40-11-9-19/h3-7,13-15,18-19,26,36H,8-12,16-17H2,1-2H3,(H,33,37)/t18-,26-/m1/s1. The number of aliphatic hydroxyl groups excluding tert-OH is 1. The highest BCUT2D eigenvalue weighted by Gasteiger charge is 2.37. The number of aliphatic hydroxyl groups is 1. The molecular weight excluding hydrogens is 532 g/mol. The number of methoxy groups -OCH3 is 1. The smallest absolute Gasteiger partial charge is 0.255 e. The van der Waals surface area contributed by atoms with Gasteiger partial charge in [-0.1, -0.05) is 35.9 Å². The van der Waals surface area contributed by atoms with Crippen molar-refractivity contribution in [2.24, 2.45) is 5.92 Å². The SMILES string of the molecule is COc1cccc([C@@H](C)NC(=O)[C@@H](CO)N2Cc3ccc(-c4nc(CC5CCOCC5)ncc4Cl)cc3C2=O)c1. The van der Waals surface area contributed by atoms with Crippen LogP contribution in [0.2, 0.25) is 5.02 Å². The van der Waals surface area contributed by atoms with Crippen LogP contribution in [0.4, 0.5) is 0 Å². The van der Waals surface area contributed by atoms with E-state index in [1.54, 1.807) is 19.4 Å². The summed E-state index contributed by atoms with van der Waals surface area (Å²) in [5.41, 5.74) is 3.35. The maximum absolute atomic E-state index is 13.5. The predicted molar refractivity (Wildman–Crippen MR) is 150 cm³/mol. The number of amides is 2. The fourth-order valence-electron chi connectivity index (χ4n) is 5.26. The number of hydrogen-bond donors (Lipinski definition) is 2. The quantitative estimate of drug-likeness (QED) is 0.404. The third kappa shape index (κ3) is 5.96. The second kappa shape index (κ2) is 12.3. The van der Waals surface area contributed by atoms with Crippen LogP contribution in [0.3, 0.4) is 0 Å². The minimum absolute atomic E-state index is 0.215. The molecule has 9 nitrogen and oxygen atoms in total. The normalized spacial score (nSPS) is 16.9. The maximum atomic E-state index is 13.5. The van der Waals surface area contributed by atoms with Gasteiger partial charge in [-0.15, -0.1) is 0 Å². The summed E-state index contributed by atoms with van der Waals surface area (Å²) in [6, 6.07) is 11.5. The monoisotopic (exact) mass is 564 g/mol. The molecule has 40 heavy (non-hydrogen) atoms. The van der Waals surface area contributed by atoms with Crippen molar-refractivity contribution in [3.8, 4) is 17.0 Å². The summed E-state index contributed by atoms with van der Waals surface area (Å²) in [6.07, 6.45) is 4.30. The topological polar surface area (TPSA) is 114 Å². The van der Waals surface area contributed by atoms with Crippen molar-refractivity contribution in [1.29, 1.82) is 0 Å². The molecule has 210 valence electrons. The lowest BCUT2D eigenvalue weighted by Crippen LogP contribution is -2.49. The van der Waals surface area contributed by atoms with Gasteiger partial charge in [-0.05, 0) is 55.0 Å². The summed E-state index contributed by atoms with van der Waals surface area (Å²) in [6.45, 7) is 3.06. The van der Waals surface area contributed by atoms with Gasteiger partial charge in [-0.2, -0.15) is 0 Å². The van der Waals surface area contributed by atoms with E-state index >= 15 is 0 Å². The summed E-state index contributed by atoms with van der Waals surface area (Å²) in [4.78, 5) is 37.2. The summed E-state index contributed by atoms with van der Waals surface area (Å²) < 4.78 is 10.7. The number of carbonyl (C=O) groups excluding carboxylic acids is 2. The molecule has 0 unspecified atom stereocenters. The van der Waals surface area contributed by atoms with Crippen LogP contribution >= 0.6 is 11.6 Å². The number of nitrogens with zero attached hydrogens (tertiary/aromatic N) is 3. The largest absolute Gasteiger partial charge is 0.497 e. The Morgan fingerprint density at radius 1 is 1.25 bits per heavy atom. The van der Waals surface area contributed by atoms with Gasteiger partial charge < -0.3 is 24.8 Å². The van der Waals surface area contributed by atoms with E-state index in [4.69, 9.17) is 26.1 Å². The second-order valence-corrected chi connectivity index (χ2v) is 10.7. The second-order valence-electron chi connectivity index (χ2n) is 10.3. The number of carbonyl (C=O) groups is 2. The molecule has 2 aliphatic rings. The van der Waals surface area contributed by atoms with Gasteiger partial charge in [0.2, 0.25) is 5.91 Å². The van der Waals surface area contributed by atoms with Gasteiger partial charge in [0, 0.05) is 43.5 Å². The summed E-state index contributed by atoms with van der Waals surface area (Å²) in [5, 5.41) is 13.5. The molecule has 1 saturated heterocycles. The summed E-state index contributed by atoms with van der Waals surface area (Å²) >= 11 is 6.49. The van der Waals surface area contributed by atoms with Crippen LogP contribution in [0.1, 0.15) is 53.1 Å². The highest BCUT2D eigenvalue weighted by atomic mass is 35.5. The number of fused-ring (bicyclic) bond motifs is 1. The lowest BCUT2D eigenvalue weighted by atomic mass is 9.96. The molecule has 10 heteroatoms. The first-order valence-corrected chi connectivity index (χ1v) is 13.8. The van der Waals surface area contributed by atoms with Gasteiger partial charge in [-0.25, -0.2) is 9.97 Å². The van der Waals surface area contributed by atoms with Crippen molar-refractivity contribution in [1.82, 2.24) is 20.2 Å². The Bertz CT molecular complexity index is 1390. The minimum Gasteiger partial charge on any atom is -0.497 e. The number of rotatable bonds is 9. The van der Waals surface area contributed by atoms with E-state index < -0.39 is 18.6 Å². The van der Waals surface area contributed by atoms with E-state index in [0.717, 1.165) is 43.6 Å². The highest BCUT2D eigenvalue weighted by Crippen LogP contribution is 2.32. The Hall–Kier alpha value is -3.53. The molecule has 1 aromatic heterocycles. The highest BCUT2D eigenvalue weighted by molar-refractivity contribution is 6.32. The Morgan fingerprint density at radius 3 is 2.80 bits per heavy atom. The van der Waals surface area contributed by atoms with Crippen molar-refractivity contribution in [2.75, 3.05) is 26.9 Å². The molecule has 0 saturated carbocycles. The molecule has 2 aromatic carbocycles. The molecule has 5 rings (SSSR count). The van der Waals surface area contributed by atoms with Crippen molar-refractivity contribution < 1.29 is 24.2 Å². The van der Waals surface area contributed by atoms with Crippen molar-refractivity contribution in [3.63, 3.8) is 0 Å². The molecule has 3 aromatic rings. The van der Waals surface area contributed by atoms with Crippen LogP contribution in [0.15, 0.2) is 48.7 Å². The summed E-state index contributed by atoms with van der Waals surface area (Å²) in [7, 11) is 1.58. The lowest BCUT2D eigenvalue weighted by Gasteiger charge is -2.27. The molecule has 0 radical (unpaired) electrons. The van der Waals surface area contributed by atoms with Crippen LogP contribution in [-0.4, -0.2) is 64.8 Å². The molecule has 3 heterocycles. The van der Waals surface area contributed by atoms with E-state index in [9.17, 15) is 14.7 Å². The van der Waals surface area contributed by atoms with Gasteiger partial charge in [0.15, 0.2) is 0 Å². The molecule has 1 fully saturated rings. The van der Waals surface area contributed by atoms with Crippen LogP contribution in [0.5, 0.6) is 5.75 Å². The minimum atomic E-state index is -1.04. The van der Waals surface area contributed by atoms with Gasteiger partial charge in [0.25, 0.3) is 5.91 Å². The average Bonchev–Trinajstić information content (AvgIpc) is 3.30. The number of ether oxygens (including phenoxy) is 2. The number of halogens is 1. The molecule has 0 aliphatic carbocycles. The average molecular weight is 565 g/mol. The third-order valence-corrected chi connectivity index (χ3v) is 7.90. The molecule has 2 aliphatic heterocycles. The van der Waals surface area contributed by atoms with Crippen LogP contribution < -0.4 is 10.1 Å². The van der Waals surface area contributed by atoms with Crippen LogP contribution in [-0.2, 0) is 22.5 Å². The molecule has 2 atom stereocenters. The number of nitrogens with one attached hydrogen (secondary N) is 1. The Kier molecular flexibility index (Phi) is 8.63. The first-order chi connectivity index (χ1) is 19.4. The van der Waals surface area contributed by atoms with Crippen molar-refractivity contribution in [2.45, 2.75) is 44.8 Å². The Balaban J connectivity index is 1.32. The summed E-state index contributed by atoms with van der Waals surface area (Å²) in [5.74, 6) is 1.09. The maximum Gasteiger partial charge on any atom is 0.255 e. The van der Waals surface area contributed by atoms with Crippen LogP contribution in [0, 0.1) is 5.92 Å². The number of hydrogen-bond acceptors (Lipinski definition) is 7. The molecule has 0 spiro atoms. The Labute approximate surface area is 238 Å². The predicted octanol–water partition coefficient (Wildman–Crippen LogP) is 3.97. The zero-order valence-corrected chi connectivity index (χ0v) is 23.4. The molecule has 2 amide bonds. The third-order valence-electron chi connectivity index (χ3n) is 7.63. The van der Waals surface area contributed by atoms with E-state index in [0.29, 0.717) is 39.3 Å². The Morgan fingerprint density at radius 2 is 2.05 bits per heavy atom. The van der Waals surface area contributed by atoms with E-state index in [-0.39, 0.29) is 18.5 Å². The van der Waals surface area contributed by atoms with E-state index in [1.165, 1.54) is 4.90 Å². The van der Waals surface area contributed by atoms with E-state index in [1.807, 2.05) is 43.3 Å². The van der Waals surface area contributed by atoms with Gasteiger partial charge in [0.05, 0.1) is 30.5 Å². The fraction of sp³-hybridized carbons (Fsp3) is 0.400. The number of benzene rings is 2. The van der Waals surface area contributed by atoms with Gasteiger partial charge >= 0.3 is 0 Å². The zero-order valence-electron chi connectivity index (χ0n) is 22.6. The van der Waals surface area contributed by atoms with Gasteiger partial charge in [0.1, 0.15) is 17.6 Å². The van der Waals surface area contributed by atoms with Crippen molar-refractivity contribution in [3.05, 3.63) is 76.2 Å². The molecule has 0 bridgehead atoms. The van der Waals surface area contributed by atoms with Gasteiger partial charge in [-0.3, -0.25) is 9.59 Å². The number of aromatic nitrogens is 2.